The van der Waals surface area contributed by atoms with Crippen molar-refractivity contribution in [1.29, 1.82) is 5.41 Å². The van der Waals surface area contributed by atoms with E-state index < -0.39 is 17.8 Å². The maximum Gasteiger partial charge on any atom is 0.416 e. The molecule has 1 aliphatic heterocycles. The van der Waals surface area contributed by atoms with Gasteiger partial charge in [0.2, 0.25) is 5.91 Å². The van der Waals surface area contributed by atoms with Crippen LogP contribution in [0.3, 0.4) is 0 Å². The third kappa shape index (κ3) is 4.80. The first kappa shape index (κ1) is 19.7. The van der Waals surface area contributed by atoms with Crippen molar-refractivity contribution < 1.29 is 22.7 Å². The Morgan fingerprint density at radius 2 is 1.93 bits per heavy atom. The second kappa shape index (κ2) is 7.89. The molecule has 0 saturated carbocycles. The number of nitrogens with two attached hydrogens (primary N) is 1. The summed E-state index contributed by atoms with van der Waals surface area (Å²) >= 11 is 0. The summed E-state index contributed by atoms with van der Waals surface area (Å²) in [5, 5.41) is 13.1. The van der Waals surface area contributed by atoms with Crippen molar-refractivity contribution in [1.82, 2.24) is 5.32 Å². The minimum absolute atomic E-state index is 0.0659. The van der Waals surface area contributed by atoms with Gasteiger partial charge in [0, 0.05) is 24.2 Å². The average molecular weight is 392 g/mol. The molecule has 2 atom stereocenters. The van der Waals surface area contributed by atoms with E-state index >= 15 is 0 Å². The number of alkyl halides is 3. The van der Waals surface area contributed by atoms with Gasteiger partial charge >= 0.3 is 6.18 Å². The molecule has 0 bridgehead atoms. The summed E-state index contributed by atoms with van der Waals surface area (Å²) < 4.78 is 43.6. The standard InChI is InChI=1S/C19H19F3N4O2/c20-19(21,22)12-4-6-13(7-5-12)26-18(27)16-9-15(10-25-16)28-14-3-1-2-11(8-14)17(23)24/h1-8,15-16,25H,9-10H2,(H3,23,24)(H,26,27)/t15?,16-/m0/s1. The van der Waals surface area contributed by atoms with Crippen LogP contribution in [0.15, 0.2) is 48.5 Å². The summed E-state index contributed by atoms with van der Waals surface area (Å²) in [6.45, 7) is 0.440. The molecule has 1 unspecified atom stereocenters. The quantitative estimate of drug-likeness (QED) is 0.464. The topological polar surface area (TPSA) is 100 Å². The Hall–Kier alpha value is -3.07. The Morgan fingerprint density at radius 1 is 1.21 bits per heavy atom. The van der Waals surface area contributed by atoms with Crippen molar-refractivity contribution in [2.75, 3.05) is 11.9 Å². The molecule has 28 heavy (non-hydrogen) atoms. The fourth-order valence-corrected chi connectivity index (χ4v) is 2.89. The fourth-order valence-electron chi connectivity index (χ4n) is 2.89. The summed E-state index contributed by atoms with van der Waals surface area (Å²) in [6.07, 6.45) is -4.28. The minimum Gasteiger partial charge on any atom is -0.489 e. The molecule has 0 aliphatic carbocycles. The zero-order valence-electron chi connectivity index (χ0n) is 14.7. The van der Waals surface area contributed by atoms with Crippen LogP contribution in [-0.4, -0.2) is 30.4 Å². The number of anilines is 1. The molecule has 2 aromatic carbocycles. The third-order valence-electron chi connectivity index (χ3n) is 4.33. The van der Waals surface area contributed by atoms with Gasteiger partial charge < -0.3 is 21.1 Å². The Balaban J connectivity index is 1.55. The first-order chi connectivity index (χ1) is 13.2. The highest BCUT2D eigenvalue weighted by Gasteiger charge is 2.32. The van der Waals surface area contributed by atoms with E-state index in [0.717, 1.165) is 12.1 Å². The molecule has 0 spiro atoms. The number of benzene rings is 2. The molecule has 1 heterocycles. The summed E-state index contributed by atoms with van der Waals surface area (Å²) in [5.41, 5.74) is 5.52. The number of hydrogen-bond donors (Lipinski definition) is 4. The lowest BCUT2D eigenvalue weighted by molar-refractivity contribution is -0.137. The highest BCUT2D eigenvalue weighted by Crippen LogP contribution is 2.30. The summed E-state index contributed by atoms with van der Waals surface area (Å²) in [6, 6.07) is 10.6. The van der Waals surface area contributed by atoms with Crippen molar-refractivity contribution in [3.05, 3.63) is 59.7 Å². The van der Waals surface area contributed by atoms with E-state index in [-0.39, 0.29) is 17.8 Å². The SMILES string of the molecule is N=C(N)c1cccc(OC2CN[C@H](C(=O)Nc3ccc(C(F)(F)F)cc3)C2)c1. The minimum atomic E-state index is -4.42. The second-order valence-electron chi connectivity index (χ2n) is 6.44. The summed E-state index contributed by atoms with van der Waals surface area (Å²) in [4.78, 5) is 12.3. The Kier molecular flexibility index (Phi) is 5.55. The Morgan fingerprint density at radius 3 is 2.57 bits per heavy atom. The maximum atomic E-state index is 12.6. The third-order valence-corrected chi connectivity index (χ3v) is 4.33. The first-order valence-electron chi connectivity index (χ1n) is 8.55. The maximum absolute atomic E-state index is 12.6. The Labute approximate surface area is 159 Å². The average Bonchev–Trinajstić information content (AvgIpc) is 3.10. The monoisotopic (exact) mass is 392 g/mol. The van der Waals surface area contributed by atoms with Crippen molar-refractivity contribution in [2.24, 2.45) is 5.73 Å². The molecule has 0 radical (unpaired) electrons. The molecule has 3 rings (SSSR count). The predicted molar refractivity (Wildman–Crippen MR) is 98.4 cm³/mol. The molecule has 1 aliphatic rings. The van der Waals surface area contributed by atoms with Crippen molar-refractivity contribution in [3.63, 3.8) is 0 Å². The number of nitrogens with one attached hydrogen (secondary N) is 3. The van der Waals surface area contributed by atoms with Crippen LogP contribution in [0.25, 0.3) is 0 Å². The number of hydrogen-bond acceptors (Lipinski definition) is 4. The van der Waals surface area contributed by atoms with Gasteiger partial charge in [-0.05, 0) is 36.4 Å². The highest BCUT2D eigenvalue weighted by molar-refractivity contribution is 5.95. The zero-order chi connectivity index (χ0) is 20.3. The molecule has 0 aromatic heterocycles. The molecular formula is C19H19F3N4O2. The van der Waals surface area contributed by atoms with Gasteiger partial charge in [-0.15, -0.1) is 0 Å². The van der Waals surface area contributed by atoms with E-state index in [1.807, 2.05) is 0 Å². The highest BCUT2D eigenvalue weighted by atomic mass is 19.4. The van der Waals surface area contributed by atoms with Crippen molar-refractivity contribution in [2.45, 2.75) is 24.7 Å². The van der Waals surface area contributed by atoms with Crippen LogP contribution in [0.4, 0.5) is 18.9 Å². The zero-order valence-corrected chi connectivity index (χ0v) is 14.7. The lowest BCUT2D eigenvalue weighted by atomic mass is 10.1. The van der Waals surface area contributed by atoms with E-state index in [1.54, 1.807) is 24.3 Å². The van der Waals surface area contributed by atoms with Crippen LogP contribution in [0.2, 0.25) is 0 Å². The van der Waals surface area contributed by atoms with Crippen LogP contribution in [0, 0.1) is 5.41 Å². The van der Waals surface area contributed by atoms with Crippen LogP contribution in [0.1, 0.15) is 17.5 Å². The van der Waals surface area contributed by atoms with Gasteiger partial charge in [0.1, 0.15) is 17.7 Å². The lowest BCUT2D eigenvalue weighted by Crippen LogP contribution is -2.35. The van der Waals surface area contributed by atoms with Gasteiger partial charge in [0.15, 0.2) is 0 Å². The number of amides is 1. The fraction of sp³-hybridized carbons (Fsp3) is 0.263. The smallest absolute Gasteiger partial charge is 0.416 e. The van der Waals surface area contributed by atoms with E-state index in [9.17, 15) is 18.0 Å². The number of rotatable bonds is 5. The van der Waals surface area contributed by atoms with Crippen LogP contribution >= 0.6 is 0 Å². The number of carbonyl (C=O) groups excluding carboxylic acids is 1. The molecule has 5 N–H and O–H groups in total. The normalized spacial score (nSPS) is 19.2. The molecular weight excluding hydrogens is 373 g/mol. The number of carbonyl (C=O) groups is 1. The number of ether oxygens (including phenoxy) is 1. The van der Waals surface area contributed by atoms with Gasteiger partial charge in [0.25, 0.3) is 0 Å². The van der Waals surface area contributed by atoms with Gasteiger partial charge in [-0.3, -0.25) is 10.2 Å². The van der Waals surface area contributed by atoms with Gasteiger partial charge in [-0.2, -0.15) is 13.2 Å². The van der Waals surface area contributed by atoms with E-state index in [1.165, 1.54) is 12.1 Å². The number of nitrogen functional groups attached to an aromatic ring is 1. The van der Waals surface area contributed by atoms with Crippen LogP contribution in [0.5, 0.6) is 5.75 Å². The molecule has 9 heteroatoms. The molecule has 2 aromatic rings. The Bertz CT molecular complexity index is 868. The van der Waals surface area contributed by atoms with Crippen LogP contribution < -0.4 is 21.1 Å². The molecule has 1 saturated heterocycles. The van der Waals surface area contributed by atoms with E-state index in [0.29, 0.717) is 30.0 Å². The second-order valence-corrected chi connectivity index (χ2v) is 6.44. The summed E-state index contributed by atoms with van der Waals surface area (Å²) in [5.74, 6) is 0.135. The van der Waals surface area contributed by atoms with E-state index in [2.05, 4.69) is 10.6 Å². The van der Waals surface area contributed by atoms with Gasteiger partial charge in [-0.1, -0.05) is 12.1 Å². The van der Waals surface area contributed by atoms with E-state index in [4.69, 9.17) is 15.9 Å². The molecule has 1 amide bonds. The number of halogens is 3. The van der Waals surface area contributed by atoms with Gasteiger partial charge in [-0.25, -0.2) is 0 Å². The molecule has 1 fully saturated rings. The largest absolute Gasteiger partial charge is 0.489 e. The first-order valence-corrected chi connectivity index (χ1v) is 8.55. The van der Waals surface area contributed by atoms with Crippen molar-refractivity contribution in [3.8, 4) is 5.75 Å². The van der Waals surface area contributed by atoms with Crippen LogP contribution in [-0.2, 0) is 11.0 Å². The number of amidine groups is 1. The molecule has 6 nitrogen and oxygen atoms in total. The predicted octanol–water partition coefficient (Wildman–Crippen LogP) is 2.74. The molecule has 148 valence electrons. The van der Waals surface area contributed by atoms with Crippen molar-refractivity contribution >= 4 is 17.4 Å². The summed E-state index contributed by atoms with van der Waals surface area (Å²) in [7, 11) is 0. The van der Waals surface area contributed by atoms with Gasteiger partial charge in [0.05, 0.1) is 11.6 Å². The lowest BCUT2D eigenvalue weighted by Gasteiger charge is -2.14.